The second-order valence-corrected chi connectivity index (χ2v) is 7.55. The van der Waals surface area contributed by atoms with Crippen LogP contribution in [-0.4, -0.2) is 44.0 Å². The maximum Gasteiger partial charge on any atom is 0.260 e. The van der Waals surface area contributed by atoms with Crippen LogP contribution in [0.15, 0.2) is 46.9 Å². The van der Waals surface area contributed by atoms with Gasteiger partial charge in [0, 0.05) is 42.3 Å². The first kappa shape index (κ1) is 20.2. The largest absolute Gasteiger partial charge is 0.496 e. The van der Waals surface area contributed by atoms with E-state index >= 15 is 0 Å². The molecule has 0 unspecified atom stereocenters. The van der Waals surface area contributed by atoms with E-state index in [0.29, 0.717) is 18.7 Å². The molecule has 6 nitrogen and oxygen atoms in total. The Balaban J connectivity index is 1.55. The predicted octanol–water partition coefficient (Wildman–Crippen LogP) is 3.62. The maximum absolute atomic E-state index is 12.4. The zero-order chi connectivity index (χ0) is 20.1. The fourth-order valence-electron chi connectivity index (χ4n) is 3.11. The Labute approximate surface area is 173 Å². The Hall–Kier alpha value is -2.54. The van der Waals surface area contributed by atoms with Gasteiger partial charge in [0.05, 0.1) is 7.11 Å². The fourth-order valence-corrected chi connectivity index (χ4v) is 3.52. The highest BCUT2D eigenvalue weighted by molar-refractivity contribution is 9.10. The first-order valence-electron chi connectivity index (χ1n) is 9.07. The zero-order valence-electron chi connectivity index (χ0n) is 16.0. The van der Waals surface area contributed by atoms with Crippen molar-refractivity contribution in [3.63, 3.8) is 0 Å². The molecule has 0 saturated carbocycles. The van der Waals surface area contributed by atoms with E-state index in [2.05, 4.69) is 15.9 Å². The Bertz CT molecular complexity index is 854. The van der Waals surface area contributed by atoms with E-state index in [4.69, 9.17) is 9.47 Å². The van der Waals surface area contributed by atoms with Crippen molar-refractivity contribution >= 4 is 33.4 Å². The van der Waals surface area contributed by atoms with Crippen molar-refractivity contribution in [2.45, 2.75) is 19.4 Å². The summed E-state index contributed by atoms with van der Waals surface area (Å²) in [6.07, 6.45) is 1.49. The molecule has 2 amide bonds. The summed E-state index contributed by atoms with van der Waals surface area (Å²) in [5, 5.41) is 0. The van der Waals surface area contributed by atoms with E-state index in [1.165, 1.54) is 0 Å². The molecule has 148 valence electrons. The normalized spacial score (nSPS) is 13.5. The number of hydrogen-bond donors (Lipinski definition) is 0. The molecule has 7 heteroatoms. The Morgan fingerprint density at radius 1 is 1.21 bits per heavy atom. The summed E-state index contributed by atoms with van der Waals surface area (Å²) in [6, 6.07) is 12.9. The number of nitrogens with zero attached hydrogens (tertiary/aromatic N) is 2. The molecule has 1 aliphatic heterocycles. The summed E-state index contributed by atoms with van der Waals surface area (Å²) < 4.78 is 11.9. The van der Waals surface area contributed by atoms with Crippen molar-refractivity contribution in [3.05, 3.63) is 52.5 Å². The number of hydrogen-bond acceptors (Lipinski definition) is 4. The summed E-state index contributed by atoms with van der Waals surface area (Å²) in [4.78, 5) is 27.6. The van der Waals surface area contributed by atoms with Crippen LogP contribution in [0.5, 0.6) is 11.5 Å². The van der Waals surface area contributed by atoms with Gasteiger partial charge in [0.2, 0.25) is 5.91 Å². The summed E-state index contributed by atoms with van der Waals surface area (Å²) in [6.45, 7) is 1.11. The number of rotatable bonds is 7. The molecule has 1 aliphatic rings. The van der Waals surface area contributed by atoms with Crippen molar-refractivity contribution in [2.24, 2.45) is 0 Å². The quantitative estimate of drug-likeness (QED) is 0.651. The molecule has 1 saturated heterocycles. The second kappa shape index (κ2) is 9.10. The molecule has 2 aromatic carbocycles. The van der Waals surface area contributed by atoms with E-state index in [1.54, 1.807) is 36.1 Å². The van der Waals surface area contributed by atoms with Gasteiger partial charge in [0.25, 0.3) is 5.91 Å². The lowest BCUT2D eigenvalue weighted by Crippen LogP contribution is -2.31. The molecule has 2 aromatic rings. The van der Waals surface area contributed by atoms with Crippen LogP contribution in [0.25, 0.3) is 0 Å². The molecular formula is C21H23BrN2O4. The summed E-state index contributed by atoms with van der Waals surface area (Å²) in [5.41, 5.74) is 1.77. The summed E-state index contributed by atoms with van der Waals surface area (Å²) >= 11 is 3.44. The van der Waals surface area contributed by atoms with Crippen molar-refractivity contribution in [2.75, 3.05) is 32.2 Å². The van der Waals surface area contributed by atoms with E-state index in [-0.39, 0.29) is 18.4 Å². The molecule has 0 radical (unpaired) electrons. The number of amides is 2. The van der Waals surface area contributed by atoms with Crippen molar-refractivity contribution in [3.8, 4) is 11.5 Å². The van der Waals surface area contributed by atoms with Gasteiger partial charge in [-0.05, 0) is 48.9 Å². The molecule has 1 heterocycles. The first-order valence-corrected chi connectivity index (χ1v) is 9.87. The predicted molar refractivity (Wildman–Crippen MR) is 111 cm³/mol. The third-order valence-electron chi connectivity index (χ3n) is 4.66. The monoisotopic (exact) mass is 446 g/mol. The number of methoxy groups -OCH3 is 1. The van der Waals surface area contributed by atoms with Crippen LogP contribution in [0.1, 0.15) is 18.4 Å². The molecule has 28 heavy (non-hydrogen) atoms. The fraction of sp³-hybridized carbons (Fsp3) is 0.333. The average molecular weight is 447 g/mol. The van der Waals surface area contributed by atoms with Crippen molar-refractivity contribution in [1.82, 2.24) is 4.90 Å². The molecular weight excluding hydrogens is 424 g/mol. The molecule has 0 aromatic heterocycles. The molecule has 0 N–H and O–H groups in total. The van der Waals surface area contributed by atoms with Gasteiger partial charge in [-0.25, -0.2) is 0 Å². The molecule has 1 fully saturated rings. The highest BCUT2D eigenvalue weighted by atomic mass is 79.9. The molecule has 0 atom stereocenters. The standard InChI is InChI=1S/C21H23BrN2O4/c1-23(13-15-12-16(22)5-10-19(15)27-2)21(26)14-28-18-8-6-17(7-9-18)24-11-3-4-20(24)25/h5-10,12H,3-4,11,13-14H2,1-2H3. The molecule has 0 spiro atoms. The maximum atomic E-state index is 12.4. The highest BCUT2D eigenvalue weighted by Gasteiger charge is 2.21. The lowest BCUT2D eigenvalue weighted by molar-refractivity contribution is -0.132. The van der Waals surface area contributed by atoms with E-state index in [1.807, 2.05) is 30.3 Å². The third kappa shape index (κ3) is 4.84. The number of likely N-dealkylation sites (N-methyl/N-ethyl adjacent to an activating group) is 1. The highest BCUT2D eigenvalue weighted by Crippen LogP contribution is 2.25. The summed E-state index contributed by atoms with van der Waals surface area (Å²) in [5.74, 6) is 1.34. The van der Waals surface area contributed by atoms with Gasteiger partial charge in [-0.2, -0.15) is 0 Å². The molecule has 0 bridgehead atoms. The van der Waals surface area contributed by atoms with Crippen LogP contribution in [0, 0.1) is 0 Å². The average Bonchev–Trinajstić information content (AvgIpc) is 3.12. The summed E-state index contributed by atoms with van der Waals surface area (Å²) in [7, 11) is 3.34. The second-order valence-electron chi connectivity index (χ2n) is 6.64. The molecule has 3 rings (SSSR count). The topological polar surface area (TPSA) is 59.1 Å². The minimum atomic E-state index is -0.138. The van der Waals surface area contributed by atoms with Crippen LogP contribution in [-0.2, 0) is 16.1 Å². The van der Waals surface area contributed by atoms with Crippen LogP contribution in [0.4, 0.5) is 5.69 Å². The zero-order valence-corrected chi connectivity index (χ0v) is 17.6. The first-order chi connectivity index (χ1) is 13.5. The number of carbonyl (C=O) groups is 2. The number of anilines is 1. The third-order valence-corrected chi connectivity index (χ3v) is 5.15. The van der Waals surface area contributed by atoms with Gasteiger partial charge >= 0.3 is 0 Å². The minimum Gasteiger partial charge on any atom is -0.496 e. The van der Waals surface area contributed by atoms with Crippen molar-refractivity contribution < 1.29 is 19.1 Å². The van der Waals surface area contributed by atoms with Crippen LogP contribution in [0.3, 0.4) is 0 Å². The van der Waals surface area contributed by atoms with Gasteiger partial charge in [-0.3, -0.25) is 9.59 Å². The van der Waals surface area contributed by atoms with Crippen molar-refractivity contribution in [1.29, 1.82) is 0 Å². The van der Waals surface area contributed by atoms with Gasteiger partial charge < -0.3 is 19.3 Å². The Kier molecular flexibility index (Phi) is 6.57. The smallest absolute Gasteiger partial charge is 0.260 e. The van der Waals surface area contributed by atoms with Crippen LogP contribution < -0.4 is 14.4 Å². The Morgan fingerprint density at radius 2 is 1.96 bits per heavy atom. The van der Waals surface area contributed by atoms with E-state index in [9.17, 15) is 9.59 Å². The minimum absolute atomic E-state index is 0.0607. The number of ether oxygens (including phenoxy) is 2. The lowest BCUT2D eigenvalue weighted by atomic mass is 10.2. The van der Waals surface area contributed by atoms with Crippen LogP contribution in [0.2, 0.25) is 0 Å². The van der Waals surface area contributed by atoms with Gasteiger partial charge in [-0.1, -0.05) is 15.9 Å². The van der Waals surface area contributed by atoms with Gasteiger partial charge in [-0.15, -0.1) is 0 Å². The van der Waals surface area contributed by atoms with E-state index in [0.717, 1.165) is 34.4 Å². The number of halogens is 1. The SMILES string of the molecule is COc1ccc(Br)cc1CN(C)C(=O)COc1ccc(N2CCCC2=O)cc1. The number of benzene rings is 2. The van der Waals surface area contributed by atoms with Gasteiger partial charge in [0.15, 0.2) is 6.61 Å². The van der Waals surface area contributed by atoms with Gasteiger partial charge in [0.1, 0.15) is 11.5 Å². The Morgan fingerprint density at radius 3 is 2.61 bits per heavy atom. The molecule has 0 aliphatic carbocycles. The van der Waals surface area contributed by atoms with Crippen LogP contribution >= 0.6 is 15.9 Å². The van der Waals surface area contributed by atoms with E-state index < -0.39 is 0 Å². The lowest BCUT2D eigenvalue weighted by Gasteiger charge is -2.20. The number of carbonyl (C=O) groups excluding carboxylic acids is 2.